The predicted molar refractivity (Wildman–Crippen MR) is 125 cm³/mol. The van der Waals surface area contributed by atoms with Crippen LogP contribution >= 0.6 is 0 Å². The number of ether oxygens (including phenoxy) is 1. The Morgan fingerprint density at radius 3 is 2.24 bits per heavy atom. The third kappa shape index (κ3) is 3.47. The van der Waals surface area contributed by atoms with Crippen LogP contribution in [0.1, 0.15) is 16.9 Å². The molecule has 6 aromatic rings. The summed E-state index contributed by atoms with van der Waals surface area (Å²) < 4.78 is 26.5. The highest BCUT2D eigenvalue weighted by atomic mass is 16.5. The molecule has 7 nitrogen and oxygen atoms in total. The van der Waals surface area contributed by atoms with E-state index in [-0.39, 0.29) is 5.63 Å². The average Bonchev–Trinajstić information content (AvgIpc) is 3.39. The molecule has 0 radical (unpaired) electrons. The number of rotatable bonds is 1. The fraction of sp³-hybridized carbons (Fsp3) is 0.154. The Hall–Kier alpha value is -4.26. The van der Waals surface area contributed by atoms with Crippen molar-refractivity contribution in [3.63, 3.8) is 0 Å². The monoisotopic (exact) mass is 444 g/mol. The summed E-state index contributed by atoms with van der Waals surface area (Å²) in [4.78, 5) is 22.6. The number of furan rings is 2. The van der Waals surface area contributed by atoms with Gasteiger partial charge in [0.2, 0.25) is 5.75 Å². The highest BCUT2D eigenvalue weighted by Crippen LogP contribution is 2.34. The molecule has 7 heteroatoms. The second kappa shape index (κ2) is 7.70. The van der Waals surface area contributed by atoms with E-state index in [2.05, 4.69) is 0 Å². The van der Waals surface area contributed by atoms with Crippen molar-refractivity contribution in [3.8, 4) is 5.75 Å². The van der Waals surface area contributed by atoms with Gasteiger partial charge >= 0.3 is 11.3 Å². The summed E-state index contributed by atoms with van der Waals surface area (Å²) in [5.41, 5.74) is 3.51. The molecule has 0 aliphatic rings. The van der Waals surface area contributed by atoms with Gasteiger partial charge in [0, 0.05) is 39.2 Å². The van der Waals surface area contributed by atoms with Gasteiger partial charge in [0.25, 0.3) is 0 Å². The number of hydrogen-bond acceptors (Lipinski definition) is 7. The van der Waals surface area contributed by atoms with Crippen molar-refractivity contribution >= 4 is 43.9 Å². The van der Waals surface area contributed by atoms with E-state index in [1.54, 1.807) is 12.3 Å². The Morgan fingerprint density at radius 2 is 1.45 bits per heavy atom. The predicted octanol–water partition coefficient (Wildman–Crippen LogP) is 6.01. The average molecular weight is 444 g/mol. The summed E-state index contributed by atoms with van der Waals surface area (Å²) >= 11 is 0. The zero-order valence-electron chi connectivity index (χ0n) is 18.5. The lowest BCUT2D eigenvalue weighted by Gasteiger charge is -2.03. The van der Waals surface area contributed by atoms with Crippen molar-refractivity contribution in [2.75, 3.05) is 7.11 Å². The van der Waals surface area contributed by atoms with Crippen molar-refractivity contribution in [2.24, 2.45) is 0 Å². The molecule has 0 bridgehead atoms. The molecule has 0 unspecified atom stereocenters. The Bertz CT molecular complexity index is 1780. The van der Waals surface area contributed by atoms with Crippen LogP contribution in [0, 0.1) is 20.8 Å². The van der Waals surface area contributed by atoms with Gasteiger partial charge in [-0.2, -0.15) is 0 Å². The molecule has 2 aromatic carbocycles. The molecule has 0 saturated heterocycles. The summed E-state index contributed by atoms with van der Waals surface area (Å²) in [7, 11) is 1.52. The van der Waals surface area contributed by atoms with Crippen molar-refractivity contribution in [1.29, 1.82) is 0 Å². The van der Waals surface area contributed by atoms with Gasteiger partial charge in [0.1, 0.15) is 16.9 Å². The van der Waals surface area contributed by atoms with Crippen molar-refractivity contribution < 1.29 is 22.4 Å². The first-order chi connectivity index (χ1) is 15.9. The van der Waals surface area contributed by atoms with Gasteiger partial charge in [-0.05, 0) is 56.7 Å². The first-order valence-electron chi connectivity index (χ1n) is 10.3. The molecule has 166 valence electrons. The summed E-state index contributed by atoms with van der Waals surface area (Å²) in [5, 5.41) is 3.74. The van der Waals surface area contributed by atoms with E-state index in [0.29, 0.717) is 22.5 Å². The minimum Gasteiger partial charge on any atom is -0.490 e. The maximum atomic E-state index is 11.4. The lowest BCUT2D eigenvalue weighted by atomic mass is 10.1. The van der Waals surface area contributed by atoms with Gasteiger partial charge in [-0.1, -0.05) is 0 Å². The molecule has 0 aliphatic heterocycles. The second-order valence-electron chi connectivity index (χ2n) is 7.82. The minimum atomic E-state index is -0.406. The van der Waals surface area contributed by atoms with Crippen molar-refractivity contribution in [1.82, 2.24) is 0 Å². The Morgan fingerprint density at radius 1 is 0.697 bits per heavy atom. The Kier molecular flexibility index (Phi) is 4.82. The molecule has 0 N–H and O–H groups in total. The summed E-state index contributed by atoms with van der Waals surface area (Å²) in [6.07, 6.45) is 1.57. The van der Waals surface area contributed by atoms with Crippen LogP contribution < -0.4 is 16.0 Å². The second-order valence-corrected chi connectivity index (χ2v) is 7.82. The van der Waals surface area contributed by atoms with E-state index in [4.69, 9.17) is 22.4 Å². The SMILES string of the molecule is COc1c2occc2cc2ccc(=O)oc12.Cc1cc2cc3c(C)cc(=O)oc3c(C)c2o1. The fourth-order valence-corrected chi connectivity index (χ4v) is 4.06. The van der Waals surface area contributed by atoms with Gasteiger partial charge in [0.05, 0.1) is 13.4 Å². The van der Waals surface area contributed by atoms with E-state index in [1.807, 2.05) is 45.0 Å². The molecule has 6 rings (SSSR count). The number of benzene rings is 2. The van der Waals surface area contributed by atoms with E-state index in [9.17, 15) is 9.59 Å². The van der Waals surface area contributed by atoms with E-state index in [0.717, 1.165) is 44.0 Å². The van der Waals surface area contributed by atoms with Crippen LogP contribution in [0.4, 0.5) is 0 Å². The normalized spacial score (nSPS) is 11.3. The number of aryl methyl sites for hydroxylation is 3. The molecule has 0 spiro atoms. The van der Waals surface area contributed by atoms with Crippen LogP contribution in [0.5, 0.6) is 5.75 Å². The molecule has 0 fully saturated rings. The van der Waals surface area contributed by atoms with Crippen LogP contribution in [0.3, 0.4) is 0 Å². The molecular formula is C26H20O7. The Balaban J connectivity index is 0.000000139. The van der Waals surface area contributed by atoms with Crippen LogP contribution in [0.15, 0.2) is 76.0 Å². The Labute approximate surface area is 186 Å². The zero-order chi connectivity index (χ0) is 23.3. The van der Waals surface area contributed by atoms with Crippen molar-refractivity contribution in [3.05, 3.63) is 86.5 Å². The largest absolute Gasteiger partial charge is 0.490 e. The minimum absolute atomic E-state index is 0.319. The molecule has 0 aliphatic carbocycles. The highest BCUT2D eigenvalue weighted by Gasteiger charge is 2.14. The van der Waals surface area contributed by atoms with Gasteiger partial charge in [-0.25, -0.2) is 9.59 Å². The number of fused-ring (bicyclic) bond motifs is 4. The third-order valence-electron chi connectivity index (χ3n) is 5.56. The molecule has 0 atom stereocenters. The van der Waals surface area contributed by atoms with Crippen LogP contribution in [0.25, 0.3) is 43.9 Å². The lowest BCUT2D eigenvalue weighted by Crippen LogP contribution is -1.98. The first kappa shape index (κ1) is 20.6. The van der Waals surface area contributed by atoms with E-state index < -0.39 is 5.63 Å². The third-order valence-corrected chi connectivity index (χ3v) is 5.56. The van der Waals surface area contributed by atoms with Gasteiger partial charge in [0.15, 0.2) is 11.2 Å². The van der Waals surface area contributed by atoms with E-state index in [1.165, 1.54) is 19.2 Å². The maximum Gasteiger partial charge on any atom is 0.336 e. The number of methoxy groups -OCH3 is 1. The molecule has 0 amide bonds. The van der Waals surface area contributed by atoms with Crippen molar-refractivity contribution in [2.45, 2.75) is 20.8 Å². The van der Waals surface area contributed by atoms with Crippen LogP contribution in [-0.2, 0) is 0 Å². The smallest absolute Gasteiger partial charge is 0.336 e. The van der Waals surface area contributed by atoms with Crippen LogP contribution in [0.2, 0.25) is 0 Å². The summed E-state index contributed by atoms with van der Waals surface area (Å²) in [6.45, 7) is 5.74. The molecule has 4 aromatic heterocycles. The zero-order valence-corrected chi connectivity index (χ0v) is 18.5. The quantitative estimate of drug-likeness (QED) is 0.286. The molecule has 4 heterocycles. The van der Waals surface area contributed by atoms with E-state index >= 15 is 0 Å². The van der Waals surface area contributed by atoms with Crippen LogP contribution in [-0.4, -0.2) is 7.11 Å². The number of hydrogen-bond donors (Lipinski definition) is 0. The van der Waals surface area contributed by atoms with Gasteiger partial charge in [-0.15, -0.1) is 0 Å². The topological polar surface area (TPSA) is 95.9 Å². The molecule has 0 saturated carbocycles. The van der Waals surface area contributed by atoms with Gasteiger partial charge in [-0.3, -0.25) is 0 Å². The summed E-state index contributed by atoms with van der Waals surface area (Å²) in [5.74, 6) is 1.31. The lowest BCUT2D eigenvalue weighted by molar-refractivity contribution is 0.403. The molecule has 33 heavy (non-hydrogen) atoms. The standard InChI is InChI=1S/C14H12O3.C12H8O4/c1-7-4-12(15)17-14-9(3)13-10(6-11(7)14)5-8(2)16-13;1-14-12-10-8(4-5-15-10)6-7-2-3-9(13)16-11(7)12/h4-6H,1-3H3;2-6H,1H3. The fourth-order valence-electron chi connectivity index (χ4n) is 4.06. The summed E-state index contributed by atoms with van der Waals surface area (Å²) in [6, 6.07) is 12.3. The first-order valence-corrected chi connectivity index (χ1v) is 10.3. The highest BCUT2D eigenvalue weighted by molar-refractivity contribution is 6.00. The maximum absolute atomic E-state index is 11.4. The molecular weight excluding hydrogens is 424 g/mol. The van der Waals surface area contributed by atoms with Gasteiger partial charge < -0.3 is 22.4 Å².